The number of halogens is 4. The van der Waals surface area contributed by atoms with Crippen molar-refractivity contribution in [1.29, 1.82) is 0 Å². The summed E-state index contributed by atoms with van der Waals surface area (Å²) in [5.74, 6) is 0.0388. The molecule has 1 unspecified atom stereocenters. The van der Waals surface area contributed by atoms with Gasteiger partial charge in [0.2, 0.25) is 0 Å². The van der Waals surface area contributed by atoms with Crippen LogP contribution in [0.3, 0.4) is 0 Å². The molecule has 1 amide bonds. The summed E-state index contributed by atoms with van der Waals surface area (Å²) in [7, 11) is 0. The van der Waals surface area contributed by atoms with Gasteiger partial charge in [-0.1, -0.05) is 6.92 Å². The summed E-state index contributed by atoms with van der Waals surface area (Å²) in [6.07, 6.45) is -3.04. The predicted octanol–water partition coefficient (Wildman–Crippen LogP) is 3.84. The lowest BCUT2D eigenvalue weighted by molar-refractivity contribution is -0.137. The van der Waals surface area contributed by atoms with Gasteiger partial charge in [0.05, 0.1) is 5.56 Å². The summed E-state index contributed by atoms with van der Waals surface area (Å²) in [5, 5.41) is 2.74. The molecule has 1 aromatic carbocycles. The van der Waals surface area contributed by atoms with Crippen LogP contribution in [0.5, 0.6) is 0 Å². The van der Waals surface area contributed by atoms with Gasteiger partial charge in [0.25, 0.3) is 5.91 Å². The number of hydrogen-bond acceptors (Lipinski definition) is 1. The van der Waals surface area contributed by atoms with Crippen LogP contribution in [0.25, 0.3) is 0 Å². The van der Waals surface area contributed by atoms with Crippen LogP contribution in [-0.2, 0) is 6.18 Å². The average molecular weight is 294 g/mol. The van der Waals surface area contributed by atoms with Gasteiger partial charge in [-0.3, -0.25) is 4.79 Å². The molecule has 1 aromatic rings. The smallest absolute Gasteiger partial charge is 0.349 e. The van der Waals surface area contributed by atoms with Crippen molar-refractivity contribution in [2.45, 2.75) is 32.0 Å². The minimum absolute atomic E-state index is 0.0627. The number of rotatable bonds is 5. The third-order valence-electron chi connectivity index (χ3n) is 2.76. The number of hydrogen-bond donors (Lipinski definition) is 1. The fourth-order valence-corrected chi connectivity index (χ4v) is 1.85. The molecule has 6 heteroatoms. The molecule has 0 aliphatic heterocycles. The van der Waals surface area contributed by atoms with E-state index in [9.17, 15) is 18.0 Å². The fraction of sp³-hybridized carbons (Fsp3) is 0.462. The number of carbonyl (C=O) groups is 1. The Hall–Kier alpha value is -1.23. The molecule has 0 aliphatic rings. The Morgan fingerprint density at radius 3 is 2.32 bits per heavy atom. The van der Waals surface area contributed by atoms with E-state index in [1.54, 1.807) is 0 Å². The van der Waals surface area contributed by atoms with Crippen molar-refractivity contribution in [3.05, 3.63) is 35.4 Å². The first-order valence-electron chi connectivity index (χ1n) is 5.92. The van der Waals surface area contributed by atoms with Crippen LogP contribution in [0, 0.1) is 0 Å². The van der Waals surface area contributed by atoms with Crippen molar-refractivity contribution in [2.24, 2.45) is 0 Å². The van der Waals surface area contributed by atoms with Crippen LogP contribution in [0.1, 0.15) is 35.7 Å². The third kappa shape index (κ3) is 4.74. The number of amides is 1. The van der Waals surface area contributed by atoms with Crippen LogP contribution < -0.4 is 5.32 Å². The number of carbonyl (C=O) groups excluding carboxylic acids is 1. The Bertz CT molecular complexity index is 417. The summed E-state index contributed by atoms with van der Waals surface area (Å²) in [6.45, 7) is 1.91. The van der Waals surface area contributed by atoms with Gasteiger partial charge in [0, 0.05) is 17.5 Å². The lowest BCUT2D eigenvalue weighted by atomic mass is 10.1. The zero-order chi connectivity index (χ0) is 14.5. The Morgan fingerprint density at radius 2 is 1.89 bits per heavy atom. The van der Waals surface area contributed by atoms with Crippen molar-refractivity contribution < 1.29 is 18.0 Å². The SMILES string of the molecule is CCC(CCCl)NC(=O)c1ccc(C(F)(F)F)cc1. The van der Waals surface area contributed by atoms with Crippen LogP contribution in [0.2, 0.25) is 0 Å². The summed E-state index contributed by atoms with van der Waals surface area (Å²) >= 11 is 5.60. The van der Waals surface area contributed by atoms with Gasteiger partial charge < -0.3 is 5.32 Å². The highest BCUT2D eigenvalue weighted by molar-refractivity contribution is 6.17. The Morgan fingerprint density at radius 1 is 1.32 bits per heavy atom. The number of benzene rings is 1. The first-order chi connectivity index (χ1) is 8.88. The van der Waals surface area contributed by atoms with Crippen LogP contribution in [0.15, 0.2) is 24.3 Å². The minimum Gasteiger partial charge on any atom is -0.349 e. The summed E-state index contributed by atoms with van der Waals surface area (Å²) in [6, 6.07) is 4.08. The maximum Gasteiger partial charge on any atom is 0.416 e. The molecule has 0 fully saturated rings. The molecule has 0 bridgehead atoms. The predicted molar refractivity (Wildman–Crippen MR) is 68.3 cm³/mol. The summed E-state index contributed by atoms with van der Waals surface area (Å²) in [4.78, 5) is 11.8. The normalized spacial score (nSPS) is 13.1. The van der Waals surface area contributed by atoms with E-state index < -0.39 is 11.7 Å². The zero-order valence-corrected chi connectivity index (χ0v) is 11.2. The second-order valence-corrected chi connectivity index (χ2v) is 4.51. The highest BCUT2D eigenvalue weighted by Gasteiger charge is 2.30. The standard InChI is InChI=1S/C13H15ClF3NO/c1-2-11(7-8-14)18-12(19)9-3-5-10(6-4-9)13(15,16)17/h3-6,11H,2,7-8H2,1H3,(H,18,19). The largest absolute Gasteiger partial charge is 0.416 e. The van der Waals surface area contributed by atoms with E-state index >= 15 is 0 Å². The molecule has 106 valence electrons. The van der Waals surface area contributed by atoms with Crippen molar-refractivity contribution >= 4 is 17.5 Å². The Balaban J connectivity index is 2.73. The van der Waals surface area contributed by atoms with Gasteiger partial charge in [0.1, 0.15) is 0 Å². The topological polar surface area (TPSA) is 29.1 Å². The molecular weight excluding hydrogens is 279 g/mol. The van der Waals surface area contributed by atoms with Gasteiger partial charge in [-0.2, -0.15) is 13.2 Å². The zero-order valence-electron chi connectivity index (χ0n) is 10.4. The second kappa shape index (κ2) is 6.80. The highest BCUT2D eigenvalue weighted by atomic mass is 35.5. The molecule has 0 radical (unpaired) electrons. The molecule has 2 nitrogen and oxygen atoms in total. The van der Waals surface area contributed by atoms with Gasteiger partial charge >= 0.3 is 6.18 Å². The monoisotopic (exact) mass is 293 g/mol. The average Bonchev–Trinajstić information content (AvgIpc) is 2.37. The van der Waals surface area contributed by atoms with Crippen molar-refractivity contribution in [2.75, 3.05) is 5.88 Å². The van der Waals surface area contributed by atoms with E-state index in [1.807, 2.05) is 6.92 Å². The highest BCUT2D eigenvalue weighted by Crippen LogP contribution is 2.29. The van der Waals surface area contributed by atoms with E-state index in [-0.39, 0.29) is 17.5 Å². The molecule has 0 aromatic heterocycles. The molecule has 1 atom stereocenters. The number of alkyl halides is 4. The lowest BCUT2D eigenvalue weighted by Gasteiger charge is -2.15. The molecule has 19 heavy (non-hydrogen) atoms. The molecule has 1 rings (SSSR count). The third-order valence-corrected chi connectivity index (χ3v) is 2.98. The molecular formula is C13H15ClF3NO. The lowest BCUT2D eigenvalue weighted by Crippen LogP contribution is -2.34. The maximum absolute atomic E-state index is 12.4. The first-order valence-corrected chi connectivity index (χ1v) is 6.46. The van der Waals surface area contributed by atoms with E-state index in [1.165, 1.54) is 12.1 Å². The van der Waals surface area contributed by atoms with Crippen molar-refractivity contribution in [3.8, 4) is 0 Å². The summed E-state index contributed by atoms with van der Waals surface area (Å²) < 4.78 is 37.1. The van der Waals surface area contributed by atoms with E-state index in [4.69, 9.17) is 11.6 Å². The fourth-order valence-electron chi connectivity index (χ4n) is 1.59. The molecule has 0 saturated heterocycles. The maximum atomic E-state index is 12.4. The molecule has 0 heterocycles. The molecule has 0 aliphatic carbocycles. The molecule has 0 spiro atoms. The van der Waals surface area contributed by atoms with Crippen LogP contribution >= 0.6 is 11.6 Å². The van der Waals surface area contributed by atoms with Crippen molar-refractivity contribution in [1.82, 2.24) is 5.32 Å². The van der Waals surface area contributed by atoms with Gasteiger partial charge in [-0.15, -0.1) is 11.6 Å². The van der Waals surface area contributed by atoms with Crippen molar-refractivity contribution in [3.63, 3.8) is 0 Å². The molecule has 1 N–H and O–H groups in total. The minimum atomic E-state index is -4.39. The van der Waals surface area contributed by atoms with E-state index in [0.717, 1.165) is 18.6 Å². The van der Waals surface area contributed by atoms with Gasteiger partial charge in [-0.25, -0.2) is 0 Å². The quantitative estimate of drug-likeness (QED) is 0.821. The van der Waals surface area contributed by atoms with Crippen LogP contribution in [0.4, 0.5) is 13.2 Å². The van der Waals surface area contributed by atoms with E-state index in [0.29, 0.717) is 12.3 Å². The van der Waals surface area contributed by atoms with E-state index in [2.05, 4.69) is 5.32 Å². The van der Waals surface area contributed by atoms with Gasteiger partial charge in [0.15, 0.2) is 0 Å². The molecule has 0 saturated carbocycles. The summed E-state index contributed by atoms with van der Waals surface area (Å²) in [5.41, 5.74) is -0.558. The first kappa shape index (κ1) is 15.8. The number of nitrogens with one attached hydrogen (secondary N) is 1. The van der Waals surface area contributed by atoms with Crippen LogP contribution in [-0.4, -0.2) is 17.8 Å². The Labute approximate surface area is 114 Å². The second-order valence-electron chi connectivity index (χ2n) is 4.13. The Kier molecular flexibility index (Phi) is 5.66. The van der Waals surface area contributed by atoms with Gasteiger partial charge in [-0.05, 0) is 37.1 Å².